The minimum Gasteiger partial charge on any atom is -0.395 e. The molecule has 6 nitrogen and oxygen atoms in total. The molecule has 90 valence electrons. The summed E-state index contributed by atoms with van der Waals surface area (Å²) in [6, 6.07) is 0.0393. The first kappa shape index (κ1) is 12.7. The topological polar surface area (TPSA) is 100 Å². The van der Waals surface area contributed by atoms with Crippen molar-refractivity contribution in [3.05, 3.63) is 5.56 Å². The molecule has 0 aliphatic rings. The number of aliphatic hydroxyl groups excluding tert-OH is 1. The van der Waals surface area contributed by atoms with Crippen LogP contribution in [0, 0.1) is 0 Å². The summed E-state index contributed by atoms with van der Waals surface area (Å²) in [4.78, 5) is 11.8. The summed E-state index contributed by atoms with van der Waals surface area (Å²) in [5.74, 6) is -0.0368. The molecular formula is C9H16N4O2S. The van der Waals surface area contributed by atoms with Crippen LogP contribution in [0.3, 0.4) is 0 Å². The van der Waals surface area contributed by atoms with Crippen molar-refractivity contribution in [2.75, 3.05) is 24.2 Å². The molecular weight excluding hydrogens is 228 g/mol. The maximum Gasteiger partial charge on any atom is 0.258 e. The van der Waals surface area contributed by atoms with E-state index in [1.807, 2.05) is 13.8 Å². The van der Waals surface area contributed by atoms with Crippen LogP contribution in [0.5, 0.6) is 0 Å². The Bertz CT molecular complexity index is 364. The number of carbonyl (C=O) groups excluding carboxylic acids is 1. The first-order chi connectivity index (χ1) is 7.56. The third kappa shape index (κ3) is 3.07. The fourth-order valence-corrected chi connectivity index (χ4v) is 1.88. The maximum atomic E-state index is 11.8. The Balaban J connectivity index is 2.84. The van der Waals surface area contributed by atoms with Gasteiger partial charge in [-0.3, -0.25) is 4.79 Å². The summed E-state index contributed by atoms with van der Waals surface area (Å²) in [5.41, 5.74) is 5.98. The van der Waals surface area contributed by atoms with Crippen molar-refractivity contribution in [1.29, 1.82) is 0 Å². The van der Waals surface area contributed by atoms with Crippen LogP contribution in [0.15, 0.2) is 0 Å². The molecule has 7 heteroatoms. The molecule has 16 heavy (non-hydrogen) atoms. The van der Waals surface area contributed by atoms with Crippen LogP contribution in [0.25, 0.3) is 0 Å². The van der Waals surface area contributed by atoms with Gasteiger partial charge in [0.1, 0.15) is 10.6 Å². The van der Waals surface area contributed by atoms with Crippen LogP contribution < -0.4 is 16.4 Å². The number of nitrogens with one attached hydrogen (secondary N) is 2. The molecule has 0 saturated carbocycles. The number of hydrogen-bond acceptors (Lipinski definition) is 6. The Morgan fingerprint density at radius 3 is 2.88 bits per heavy atom. The van der Waals surface area contributed by atoms with E-state index in [0.717, 1.165) is 11.5 Å². The third-order valence-corrected chi connectivity index (χ3v) is 2.58. The van der Waals surface area contributed by atoms with Crippen molar-refractivity contribution in [1.82, 2.24) is 9.69 Å². The Labute approximate surface area is 98.0 Å². The first-order valence-electron chi connectivity index (χ1n) is 4.97. The lowest BCUT2D eigenvalue weighted by Crippen LogP contribution is -2.31. The summed E-state index contributed by atoms with van der Waals surface area (Å²) >= 11 is 1.11. The largest absolute Gasteiger partial charge is 0.395 e. The van der Waals surface area contributed by atoms with E-state index in [2.05, 4.69) is 15.0 Å². The van der Waals surface area contributed by atoms with Crippen molar-refractivity contribution in [3.63, 3.8) is 0 Å². The Hall–Kier alpha value is -1.34. The van der Waals surface area contributed by atoms with Gasteiger partial charge < -0.3 is 21.5 Å². The lowest BCUT2D eigenvalue weighted by molar-refractivity contribution is 0.0945. The van der Waals surface area contributed by atoms with E-state index in [1.54, 1.807) is 0 Å². The SMILES string of the molecule is CC(C)NC(=O)c1c(N)nsc1NCCO. The first-order valence-corrected chi connectivity index (χ1v) is 5.74. The van der Waals surface area contributed by atoms with Gasteiger partial charge in [0.2, 0.25) is 0 Å². The van der Waals surface area contributed by atoms with E-state index in [4.69, 9.17) is 10.8 Å². The Morgan fingerprint density at radius 2 is 2.31 bits per heavy atom. The highest BCUT2D eigenvalue weighted by atomic mass is 32.1. The van der Waals surface area contributed by atoms with Crippen LogP contribution in [0.1, 0.15) is 24.2 Å². The van der Waals surface area contributed by atoms with E-state index < -0.39 is 0 Å². The van der Waals surface area contributed by atoms with E-state index >= 15 is 0 Å². The van der Waals surface area contributed by atoms with Crippen LogP contribution in [0.2, 0.25) is 0 Å². The zero-order chi connectivity index (χ0) is 12.1. The predicted octanol–water partition coefficient (Wildman–Crippen LogP) is 0.268. The molecule has 0 atom stereocenters. The normalized spacial score (nSPS) is 10.5. The second kappa shape index (κ2) is 5.66. The molecule has 5 N–H and O–H groups in total. The van der Waals surface area contributed by atoms with Gasteiger partial charge in [-0.15, -0.1) is 0 Å². The molecule has 0 bridgehead atoms. The lowest BCUT2D eigenvalue weighted by atomic mass is 10.2. The molecule has 0 unspecified atom stereocenters. The zero-order valence-corrected chi connectivity index (χ0v) is 10.1. The van der Waals surface area contributed by atoms with Gasteiger partial charge in [0.15, 0.2) is 5.82 Å². The Morgan fingerprint density at radius 1 is 1.62 bits per heavy atom. The molecule has 0 aliphatic carbocycles. The number of nitrogen functional groups attached to an aromatic ring is 1. The lowest BCUT2D eigenvalue weighted by Gasteiger charge is -2.09. The zero-order valence-electron chi connectivity index (χ0n) is 9.28. The van der Waals surface area contributed by atoms with E-state index in [0.29, 0.717) is 17.1 Å². The monoisotopic (exact) mass is 244 g/mol. The number of aliphatic hydroxyl groups is 1. The quantitative estimate of drug-likeness (QED) is 0.595. The number of nitrogens with zero attached hydrogens (tertiary/aromatic N) is 1. The van der Waals surface area contributed by atoms with Gasteiger partial charge in [-0.1, -0.05) is 0 Å². The summed E-state index contributed by atoms with van der Waals surface area (Å²) in [6.45, 7) is 4.09. The standard InChI is InChI=1S/C9H16N4O2S/c1-5(2)12-8(15)6-7(10)13-16-9(6)11-3-4-14/h5,11,14H,3-4H2,1-2H3,(H2,10,13)(H,12,15). The van der Waals surface area contributed by atoms with Crippen LogP contribution in [-0.4, -0.2) is 34.6 Å². The molecule has 1 rings (SSSR count). The van der Waals surface area contributed by atoms with Crippen molar-refractivity contribution in [2.24, 2.45) is 0 Å². The van der Waals surface area contributed by atoms with Crippen molar-refractivity contribution in [2.45, 2.75) is 19.9 Å². The van der Waals surface area contributed by atoms with Crippen LogP contribution >= 0.6 is 11.5 Å². The summed E-state index contributed by atoms with van der Waals surface area (Å²) in [5, 5.41) is 14.9. The van der Waals surface area contributed by atoms with Crippen molar-refractivity contribution >= 4 is 28.3 Å². The number of amides is 1. The summed E-state index contributed by atoms with van der Waals surface area (Å²) in [7, 11) is 0. The molecule has 0 aliphatic heterocycles. The summed E-state index contributed by atoms with van der Waals surface area (Å²) in [6.07, 6.45) is 0. The molecule has 0 radical (unpaired) electrons. The fourth-order valence-electron chi connectivity index (χ4n) is 1.15. The van der Waals surface area contributed by atoms with E-state index in [9.17, 15) is 4.79 Å². The number of hydrogen-bond donors (Lipinski definition) is 4. The van der Waals surface area contributed by atoms with E-state index in [1.165, 1.54) is 0 Å². The van der Waals surface area contributed by atoms with Gasteiger partial charge in [-0.2, -0.15) is 4.37 Å². The minimum absolute atomic E-state index is 0.0109. The third-order valence-electron chi connectivity index (χ3n) is 1.76. The molecule has 1 aromatic rings. The van der Waals surface area contributed by atoms with Gasteiger partial charge in [0.25, 0.3) is 5.91 Å². The van der Waals surface area contributed by atoms with Gasteiger partial charge in [0, 0.05) is 12.6 Å². The molecule has 0 saturated heterocycles. The highest BCUT2D eigenvalue weighted by molar-refractivity contribution is 7.11. The minimum atomic E-state index is -0.248. The van der Waals surface area contributed by atoms with Crippen LogP contribution in [-0.2, 0) is 0 Å². The number of carbonyl (C=O) groups is 1. The maximum absolute atomic E-state index is 11.8. The van der Waals surface area contributed by atoms with Crippen molar-refractivity contribution in [3.8, 4) is 0 Å². The average molecular weight is 244 g/mol. The summed E-state index contributed by atoms with van der Waals surface area (Å²) < 4.78 is 3.91. The number of anilines is 2. The number of aromatic nitrogens is 1. The molecule has 0 spiro atoms. The Kier molecular flexibility index (Phi) is 4.51. The highest BCUT2D eigenvalue weighted by Gasteiger charge is 2.19. The average Bonchev–Trinajstić information content (AvgIpc) is 2.55. The predicted molar refractivity (Wildman–Crippen MR) is 64.7 cm³/mol. The van der Waals surface area contributed by atoms with E-state index in [-0.39, 0.29) is 24.4 Å². The second-order valence-corrected chi connectivity index (χ2v) is 4.32. The van der Waals surface area contributed by atoms with Gasteiger partial charge in [0.05, 0.1) is 6.61 Å². The number of nitrogens with two attached hydrogens (primary N) is 1. The second-order valence-electron chi connectivity index (χ2n) is 3.55. The smallest absolute Gasteiger partial charge is 0.258 e. The van der Waals surface area contributed by atoms with Gasteiger partial charge in [-0.25, -0.2) is 0 Å². The van der Waals surface area contributed by atoms with Crippen molar-refractivity contribution < 1.29 is 9.90 Å². The van der Waals surface area contributed by atoms with Gasteiger partial charge >= 0.3 is 0 Å². The highest BCUT2D eigenvalue weighted by Crippen LogP contribution is 2.26. The molecule has 1 heterocycles. The number of rotatable bonds is 5. The van der Waals surface area contributed by atoms with Crippen LogP contribution in [0.4, 0.5) is 10.8 Å². The molecule has 0 fully saturated rings. The molecule has 0 aromatic carbocycles. The molecule has 1 amide bonds. The van der Waals surface area contributed by atoms with Gasteiger partial charge in [-0.05, 0) is 25.4 Å². The fraction of sp³-hybridized carbons (Fsp3) is 0.556. The molecule has 1 aromatic heterocycles.